The van der Waals surface area contributed by atoms with E-state index in [1.54, 1.807) is 0 Å². The lowest BCUT2D eigenvalue weighted by molar-refractivity contribution is 0.222. The molecular weight excluding hydrogens is 184 g/mol. The third-order valence-electron chi connectivity index (χ3n) is 3.09. The van der Waals surface area contributed by atoms with Crippen LogP contribution in [0.2, 0.25) is 0 Å². The van der Waals surface area contributed by atoms with Crippen molar-refractivity contribution in [3.8, 4) is 12.3 Å². The molecule has 2 nitrogen and oxygen atoms in total. The predicted octanol–water partition coefficient (Wildman–Crippen LogP) is 1.72. The van der Waals surface area contributed by atoms with Gasteiger partial charge in [0.05, 0.1) is 6.54 Å². The summed E-state index contributed by atoms with van der Waals surface area (Å²) in [5.41, 5.74) is 0. The Morgan fingerprint density at radius 1 is 1.53 bits per heavy atom. The van der Waals surface area contributed by atoms with Gasteiger partial charge in [0, 0.05) is 12.6 Å². The van der Waals surface area contributed by atoms with Gasteiger partial charge in [-0.05, 0) is 38.3 Å². The van der Waals surface area contributed by atoms with Crippen LogP contribution in [0.3, 0.4) is 0 Å². The topological polar surface area (TPSA) is 15.3 Å². The number of terminal acetylenes is 1. The van der Waals surface area contributed by atoms with Crippen molar-refractivity contribution < 1.29 is 0 Å². The van der Waals surface area contributed by atoms with E-state index in [2.05, 4.69) is 30.0 Å². The lowest BCUT2D eigenvalue weighted by Crippen LogP contribution is -2.45. The summed E-state index contributed by atoms with van der Waals surface area (Å²) >= 11 is 0. The largest absolute Gasteiger partial charge is 0.313 e. The molecule has 1 rings (SSSR count). The molecule has 0 aromatic carbocycles. The molecule has 2 atom stereocenters. The fourth-order valence-corrected chi connectivity index (χ4v) is 2.35. The maximum atomic E-state index is 5.38. The molecule has 1 aliphatic heterocycles. The van der Waals surface area contributed by atoms with E-state index in [9.17, 15) is 0 Å². The van der Waals surface area contributed by atoms with Crippen LogP contribution in [-0.2, 0) is 0 Å². The van der Waals surface area contributed by atoms with E-state index in [0.29, 0.717) is 6.04 Å². The molecule has 1 N–H and O–H groups in total. The molecule has 2 heteroatoms. The van der Waals surface area contributed by atoms with Crippen molar-refractivity contribution >= 4 is 0 Å². The number of hydrogen-bond acceptors (Lipinski definition) is 2. The van der Waals surface area contributed by atoms with Crippen molar-refractivity contribution in [1.82, 2.24) is 10.2 Å². The Morgan fingerprint density at radius 3 is 2.93 bits per heavy atom. The number of piperidine rings is 1. The zero-order valence-corrected chi connectivity index (χ0v) is 10.1. The fraction of sp³-hybridized carbons (Fsp3) is 0.846. The molecule has 0 bridgehead atoms. The first kappa shape index (κ1) is 12.5. The summed E-state index contributed by atoms with van der Waals surface area (Å²) in [6, 6.07) is 0.647. The molecule has 1 heterocycles. The third kappa shape index (κ3) is 4.68. The minimum absolute atomic E-state index is 0.647. The number of hydrogen-bond donors (Lipinski definition) is 1. The molecule has 0 aromatic heterocycles. The Balaban J connectivity index is 2.32. The van der Waals surface area contributed by atoms with Gasteiger partial charge in [-0.25, -0.2) is 0 Å². The van der Waals surface area contributed by atoms with Gasteiger partial charge in [-0.1, -0.05) is 19.8 Å². The Kier molecular flexibility index (Phi) is 5.75. The second kappa shape index (κ2) is 6.87. The Morgan fingerprint density at radius 2 is 2.33 bits per heavy atom. The Bertz CT molecular complexity index is 207. The molecule has 1 aliphatic rings. The first-order valence-corrected chi connectivity index (χ1v) is 6.15. The van der Waals surface area contributed by atoms with Crippen LogP contribution in [0.5, 0.6) is 0 Å². The molecule has 0 aliphatic carbocycles. The van der Waals surface area contributed by atoms with Crippen molar-refractivity contribution in [3.05, 3.63) is 0 Å². The third-order valence-corrected chi connectivity index (χ3v) is 3.09. The molecule has 86 valence electrons. The standard InChI is InChI=1S/C13H24N2/c1-4-8-15(9-5-2)11-13-10-12(3)6-7-14-13/h1,12-14H,5-11H2,2-3H3. The average Bonchev–Trinajstić information content (AvgIpc) is 2.18. The van der Waals surface area contributed by atoms with E-state index in [-0.39, 0.29) is 0 Å². The van der Waals surface area contributed by atoms with Crippen LogP contribution in [0, 0.1) is 18.3 Å². The average molecular weight is 208 g/mol. The van der Waals surface area contributed by atoms with Gasteiger partial charge in [-0.2, -0.15) is 0 Å². The maximum Gasteiger partial charge on any atom is 0.0599 e. The van der Waals surface area contributed by atoms with Crippen LogP contribution < -0.4 is 5.32 Å². The number of nitrogens with one attached hydrogen (secondary N) is 1. The fourth-order valence-electron chi connectivity index (χ4n) is 2.35. The second-order valence-electron chi connectivity index (χ2n) is 4.72. The van der Waals surface area contributed by atoms with Crippen molar-refractivity contribution in [1.29, 1.82) is 0 Å². The number of nitrogens with zero attached hydrogens (tertiary/aromatic N) is 1. The Hall–Kier alpha value is -0.520. The molecule has 0 saturated carbocycles. The molecule has 2 unspecified atom stereocenters. The van der Waals surface area contributed by atoms with Gasteiger partial charge in [0.25, 0.3) is 0 Å². The quantitative estimate of drug-likeness (QED) is 0.692. The highest BCUT2D eigenvalue weighted by molar-refractivity contribution is 4.90. The van der Waals surface area contributed by atoms with Crippen molar-refractivity contribution in [3.63, 3.8) is 0 Å². The SMILES string of the molecule is C#CCN(CCC)CC1CC(C)CCN1. The van der Waals surface area contributed by atoms with E-state index < -0.39 is 0 Å². The minimum atomic E-state index is 0.647. The van der Waals surface area contributed by atoms with E-state index in [1.807, 2.05) is 0 Å². The molecule has 15 heavy (non-hydrogen) atoms. The summed E-state index contributed by atoms with van der Waals surface area (Å²) in [5, 5.41) is 3.59. The van der Waals surface area contributed by atoms with Crippen molar-refractivity contribution in [2.75, 3.05) is 26.2 Å². The van der Waals surface area contributed by atoms with Crippen LogP contribution in [-0.4, -0.2) is 37.1 Å². The predicted molar refractivity (Wildman–Crippen MR) is 65.8 cm³/mol. The minimum Gasteiger partial charge on any atom is -0.313 e. The van der Waals surface area contributed by atoms with Crippen LogP contribution in [0.25, 0.3) is 0 Å². The van der Waals surface area contributed by atoms with Crippen LogP contribution in [0.15, 0.2) is 0 Å². The molecule has 1 saturated heterocycles. The smallest absolute Gasteiger partial charge is 0.0599 e. The van der Waals surface area contributed by atoms with Gasteiger partial charge in [0.1, 0.15) is 0 Å². The molecule has 1 fully saturated rings. The zero-order chi connectivity index (χ0) is 11.1. The van der Waals surface area contributed by atoms with Gasteiger partial charge in [0.2, 0.25) is 0 Å². The summed E-state index contributed by atoms with van der Waals surface area (Å²) in [4.78, 5) is 2.38. The van der Waals surface area contributed by atoms with Gasteiger partial charge in [-0.3, -0.25) is 4.90 Å². The lowest BCUT2D eigenvalue weighted by Gasteiger charge is -2.32. The van der Waals surface area contributed by atoms with Gasteiger partial charge in [0.15, 0.2) is 0 Å². The molecule has 0 spiro atoms. The number of rotatable bonds is 5. The highest BCUT2D eigenvalue weighted by Gasteiger charge is 2.19. The summed E-state index contributed by atoms with van der Waals surface area (Å²) in [6.45, 7) is 8.75. The molecule has 0 aromatic rings. The highest BCUT2D eigenvalue weighted by Crippen LogP contribution is 2.15. The van der Waals surface area contributed by atoms with Gasteiger partial charge >= 0.3 is 0 Å². The zero-order valence-electron chi connectivity index (χ0n) is 10.1. The van der Waals surface area contributed by atoms with Crippen LogP contribution in [0.4, 0.5) is 0 Å². The molecule has 0 amide bonds. The lowest BCUT2D eigenvalue weighted by atomic mass is 9.94. The summed E-state index contributed by atoms with van der Waals surface area (Å²) < 4.78 is 0. The second-order valence-corrected chi connectivity index (χ2v) is 4.72. The van der Waals surface area contributed by atoms with E-state index >= 15 is 0 Å². The summed E-state index contributed by atoms with van der Waals surface area (Å²) in [7, 11) is 0. The molecular formula is C13H24N2. The first-order chi connectivity index (χ1) is 7.26. The van der Waals surface area contributed by atoms with Crippen molar-refractivity contribution in [2.45, 2.75) is 39.2 Å². The first-order valence-electron chi connectivity index (χ1n) is 6.15. The van der Waals surface area contributed by atoms with E-state index in [0.717, 1.165) is 25.6 Å². The molecule has 0 radical (unpaired) electrons. The monoisotopic (exact) mass is 208 g/mol. The van der Waals surface area contributed by atoms with Crippen LogP contribution >= 0.6 is 0 Å². The summed E-state index contributed by atoms with van der Waals surface area (Å²) in [5.74, 6) is 3.62. The highest BCUT2D eigenvalue weighted by atomic mass is 15.1. The van der Waals surface area contributed by atoms with E-state index in [4.69, 9.17) is 6.42 Å². The van der Waals surface area contributed by atoms with Gasteiger partial charge in [-0.15, -0.1) is 6.42 Å². The van der Waals surface area contributed by atoms with Crippen molar-refractivity contribution in [2.24, 2.45) is 5.92 Å². The summed E-state index contributed by atoms with van der Waals surface area (Å²) in [6.07, 6.45) is 9.18. The normalized spacial score (nSPS) is 26.5. The van der Waals surface area contributed by atoms with Gasteiger partial charge < -0.3 is 5.32 Å². The van der Waals surface area contributed by atoms with Crippen LogP contribution in [0.1, 0.15) is 33.1 Å². The van der Waals surface area contributed by atoms with E-state index in [1.165, 1.54) is 25.8 Å². The maximum absolute atomic E-state index is 5.38. The Labute approximate surface area is 94.4 Å².